The Morgan fingerprint density at radius 3 is 2.27 bits per heavy atom. The number of hydrogen-bond donors (Lipinski definition) is 1. The number of rotatable bonds is 6. The fourth-order valence-electron chi connectivity index (χ4n) is 5.39. The highest BCUT2D eigenvalue weighted by molar-refractivity contribution is 6.22. The Bertz CT molecular complexity index is 1440. The van der Waals surface area contributed by atoms with Crippen molar-refractivity contribution < 1.29 is 37.1 Å². The number of amides is 3. The molecule has 2 fully saturated rings. The number of fused-ring (bicyclic) bond motifs is 1. The first-order chi connectivity index (χ1) is 19.1. The number of alkyl halides is 3. The Morgan fingerprint density at radius 2 is 1.57 bits per heavy atom. The Labute approximate surface area is 227 Å². The van der Waals surface area contributed by atoms with Gasteiger partial charge in [0.1, 0.15) is 0 Å². The van der Waals surface area contributed by atoms with Gasteiger partial charge in [-0.05, 0) is 73.2 Å². The zero-order valence-corrected chi connectivity index (χ0v) is 21.2. The number of anilines is 2. The molecule has 7 nitrogen and oxygen atoms in total. The number of carbonyl (C=O) groups is 4. The molecule has 1 aliphatic carbocycles. The van der Waals surface area contributed by atoms with Crippen molar-refractivity contribution in [2.24, 2.45) is 11.8 Å². The van der Waals surface area contributed by atoms with Crippen molar-refractivity contribution >= 4 is 35.1 Å². The molecule has 5 rings (SSSR count). The van der Waals surface area contributed by atoms with Crippen molar-refractivity contribution in [3.05, 3.63) is 95.6 Å². The summed E-state index contributed by atoms with van der Waals surface area (Å²) in [5.41, 5.74) is 0.574. The van der Waals surface area contributed by atoms with Gasteiger partial charge in [0.15, 0.2) is 6.61 Å². The third kappa shape index (κ3) is 5.61. The van der Waals surface area contributed by atoms with E-state index in [1.54, 1.807) is 0 Å². The fraction of sp³-hybridized carbons (Fsp3) is 0.267. The molecule has 1 saturated heterocycles. The van der Waals surface area contributed by atoms with Crippen LogP contribution in [0, 0.1) is 11.8 Å². The molecule has 1 N–H and O–H groups in total. The van der Waals surface area contributed by atoms with Crippen LogP contribution in [0.1, 0.15) is 46.7 Å². The molecule has 2 aliphatic rings. The summed E-state index contributed by atoms with van der Waals surface area (Å²) < 4.78 is 43.5. The summed E-state index contributed by atoms with van der Waals surface area (Å²) >= 11 is 0. The summed E-state index contributed by atoms with van der Waals surface area (Å²) in [6.07, 6.45) is -2.52. The maximum Gasteiger partial charge on any atom is 0.416 e. The molecule has 0 unspecified atom stereocenters. The van der Waals surface area contributed by atoms with Gasteiger partial charge in [-0.25, -0.2) is 4.79 Å². The zero-order valence-electron chi connectivity index (χ0n) is 21.2. The van der Waals surface area contributed by atoms with E-state index in [0.717, 1.165) is 30.2 Å². The Balaban J connectivity index is 1.18. The monoisotopic (exact) mass is 550 g/mol. The average Bonchev–Trinajstić information content (AvgIpc) is 3.20. The van der Waals surface area contributed by atoms with Gasteiger partial charge in [-0.1, -0.05) is 36.4 Å². The Morgan fingerprint density at radius 1 is 0.875 bits per heavy atom. The Kier molecular flexibility index (Phi) is 7.42. The molecule has 40 heavy (non-hydrogen) atoms. The van der Waals surface area contributed by atoms with Crippen LogP contribution in [0.15, 0.2) is 78.9 Å². The summed E-state index contributed by atoms with van der Waals surface area (Å²) in [5.74, 6) is -2.71. The van der Waals surface area contributed by atoms with Crippen LogP contribution in [0.5, 0.6) is 0 Å². The summed E-state index contributed by atoms with van der Waals surface area (Å²) in [6, 6.07) is 19.7. The second-order valence-corrected chi connectivity index (χ2v) is 9.90. The van der Waals surface area contributed by atoms with Crippen LogP contribution in [0.3, 0.4) is 0 Å². The van der Waals surface area contributed by atoms with Crippen LogP contribution >= 0.6 is 0 Å². The SMILES string of the molecule is O=C(COC(=O)c1ccc(N2C(=O)[C@H]3C[C@H](c4ccccc4)CC[C@H]3C2=O)cc1)Nc1cccc(C(F)(F)F)c1. The average molecular weight is 551 g/mol. The van der Waals surface area contributed by atoms with E-state index in [9.17, 15) is 32.3 Å². The number of imide groups is 1. The summed E-state index contributed by atoms with van der Waals surface area (Å²) in [6.45, 7) is -0.716. The van der Waals surface area contributed by atoms with E-state index >= 15 is 0 Å². The number of nitrogens with zero attached hydrogens (tertiary/aromatic N) is 1. The highest BCUT2D eigenvalue weighted by Crippen LogP contribution is 2.45. The lowest BCUT2D eigenvalue weighted by Crippen LogP contribution is -2.30. The molecular formula is C30H25F3N2O5. The van der Waals surface area contributed by atoms with Gasteiger partial charge in [0.05, 0.1) is 28.7 Å². The van der Waals surface area contributed by atoms with Crippen LogP contribution in [0.4, 0.5) is 24.5 Å². The van der Waals surface area contributed by atoms with Crippen molar-refractivity contribution in [1.29, 1.82) is 0 Å². The summed E-state index contributed by atoms with van der Waals surface area (Å²) in [4.78, 5) is 52.1. The van der Waals surface area contributed by atoms with Crippen molar-refractivity contribution in [3.63, 3.8) is 0 Å². The van der Waals surface area contributed by atoms with E-state index in [0.29, 0.717) is 18.5 Å². The van der Waals surface area contributed by atoms with Crippen molar-refractivity contribution in [3.8, 4) is 0 Å². The normalized spacial score (nSPS) is 20.7. The number of ether oxygens (including phenoxy) is 1. The lowest BCUT2D eigenvalue weighted by Gasteiger charge is -2.28. The van der Waals surface area contributed by atoms with Gasteiger partial charge in [0, 0.05) is 5.69 Å². The molecular weight excluding hydrogens is 525 g/mol. The number of benzene rings is 3. The van der Waals surface area contributed by atoms with Crippen LogP contribution in [0.25, 0.3) is 0 Å². The van der Waals surface area contributed by atoms with Gasteiger partial charge >= 0.3 is 12.1 Å². The molecule has 206 valence electrons. The quantitative estimate of drug-likeness (QED) is 0.320. The predicted octanol–water partition coefficient (Wildman–Crippen LogP) is 5.57. The highest BCUT2D eigenvalue weighted by Gasteiger charge is 2.50. The molecule has 1 heterocycles. The van der Waals surface area contributed by atoms with Gasteiger partial charge in [-0.3, -0.25) is 19.3 Å². The Hall–Kier alpha value is -4.47. The first-order valence-electron chi connectivity index (χ1n) is 12.8. The van der Waals surface area contributed by atoms with Crippen LogP contribution < -0.4 is 10.2 Å². The maximum atomic E-state index is 13.3. The first-order valence-corrected chi connectivity index (χ1v) is 12.8. The zero-order chi connectivity index (χ0) is 28.4. The summed E-state index contributed by atoms with van der Waals surface area (Å²) in [5, 5.41) is 2.26. The molecule has 0 radical (unpaired) electrons. The van der Waals surface area contributed by atoms with E-state index in [1.165, 1.54) is 35.2 Å². The van der Waals surface area contributed by atoms with E-state index < -0.39 is 36.1 Å². The third-order valence-electron chi connectivity index (χ3n) is 7.37. The molecule has 0 spiro atoms. The molecule has 0 aromatic heterocycles. The fourth-order valence-corrected chi connectivity index (χ4v) is 5.39. The van der Waals surface area contributed by atoms with Gasteiger partial charge in [0.2, 0.25) is 11.8 Å². The van der Waals surface area contributed by atoms with Gasteiger partial charge in [-0.2, -0.15) is 13.2 Å². The van der Waals surface area contributed by atoms with E-state index in [1.807, 2.05) is 30.3 Å². The van der Waals surface area contributed by atoms with Crippen LogP contribution in [-0.2, 0) is 25.3 Å². The van der Waals surface area contributed by atoms with E-state index in [-0.39, 0.29) is 34.9 Å². The van der Waals surface area contributed by atoms with E-state index in [2.05, 4.69) is 5.32 Å². The third-order valence-corrected chi connectivity index (χ3v) is 7.37. The largest absolute Gasteiger partial charge is 0.452 e. The molecule has 1 aliphatic heterocycles. The lowest BCUT2D eigenvalue weighted by atomic mass is 9.73. The standard InChI is InChI=1S/C30H25F3N2O5/c31-30(32,33)21-7-4-8-22(16-21)34-26(36)17-40-29(39)19-9-12-23(13-10-19)35-27(37)24-14-11-20(15-25(24)28(35)38)18-5-2-1-3-6-18/h1-10,12-13,16,20,24-25H,11,14-15,17H2,(H,34,36)/t20-,24-,25+/m1/s1. The van der Waals surface area contributed by atoms with Crippen LogP contribution in [0.2, 0.25) is 0 Å². The smallest absolute Gasteiger partial charge is 0.416 e. The van der Waals surface area contributed by atoms with Crippen molar-refractivity contribution in [2.45, 2.75) is 31.4 Å². The number of esters is 1. The highest BCUT2D eigenvalue weighted by atomic mass is 19.4. The summed E-state index contributed by atoms with van der Waals surface area (Å²) in [7, 11) is 0. The second kappa shape index (κ2) is 11.0. The van der Waals surface area contributed by atoms with Crippen molar-refractivity contribution in [2.75, 3.05) is 16.8 Å². The topological polar surface area (TPSA) is 92.8 Å². The van der Waals surface area contributed by atoms with E-state index in [4.69, 9.17) is 4.74 Å². The second-order valence-electron chi connectivity index (χ2n) is 9.90. The first kappa shape index (κ1) is 27.1. The molecule has 3 aromatic rings. The molecule has 3 aromatic carbocycles. The maximum absolute atomic E-state index is 13.3. The minimum absolute atomic E-state index is 0.0799. The number of carbonyl (C=O) groups excluding carboxylic acids is 4. The number of nitrogens with one attached hydrogen (secondary N) is 1. The predicted molar refractivity (Wildman–Crippen MR) is 139 cm³/mol. The number of hydrogen-bond acceptors (Lipinski definition) is 5. The van der Waals surface area contributed by atoms with Crippen LogP contribution in [-0.4, -0.2) is 30.3 Å². The van der Waals surface area contributed by atoms with Gasteiger partial charge in [0.25, 0.3) is 5.91 Å². The van der Waals surface area contributed by atoms with Crippen molar-refractivity contribution in [1.82, 2.24) is 0 Å². The molecule has 1 saturated carbocycles. The molecule has 3 atom stereocenters. The molecule has 10 heteroatoms. The minimum Gasteiger partial charge on any atom is -0.452 e. The molecule has 0 bridgehead atoms. The lowest BCUT2D eigenvalue weighted by molar-refractivity contribution is -0.137. The number of halogens is 3. The van der Waals surface area contributed by atoms with Gasteiger partial charge in [-0.15, -0.1) is 0 Å². The molecule has 3 amide bonds. The van der Waals surface area contributed by atoms with Gasteiger partial charge < -0.3 is 10.1 Å². The minimum atomic E-state index is -4.56.